The molecule has 3 saturated heterocycles. The molecule has 5 aliphatic rings. The number of ether oxygens (including phenoxy) is 3. The standard InChI is InChI=1S/C15H22O9S/c1-6-8(25(19,20)21)10-13(4-23-15(6,18)11(13)17)12(2)3-7(16)9(24-10)14(12)5-22-14/h6-11,16-18H,3-5H2,1-2H3,(H,19,20,21)/t6-,7-,8+,9-,10-,11+,12-,13?,14+,15-/m1/s1. The van der Waals surface area contributed by atoms with Gasteiger partial charge in [0.05, 0.1) is 30.8 Å². The molecule has 10 heteroatoms. The first kappa shape index (κ1) is 16.8. The zero-order valence-electron chi connectivity index (χ0n) is 13.8. The molecule has 5 fully saturated rings. The van der Waals surface area contributed by atoms with Crippen molar-refractivity contribution in [3.05, 3.63) is 0 Å². The second-order valence-electron chi connectivity index (χ2n) is 8.51. The molecule has 142 valence electrons. The van der Waals surface area contributed by atoms with E-state index in [4.69, 9.17) is 14.2 Å². The van der Waals surface area contributed by atoms with Crippen molar-refractivity contribution in [1.82, 2.24) is 0 Å². The van der Waals surface area contributed by atoms with Crippen LogP contribution in [0.2, 0.25) is 0 Å². The van der Waals surface area contributed by atoms with Gasteiger partial charge in [-0.15, -0.1) is 0 Å². The summed E-state index contributed by atoms with van der Waals surface area (Å²) in [7, 11) is -4.62. The Balaban J connectivity index is 1.77. The van der Waals surface area contributed by atoms with Gasteiger partial charge in [-0.1, -0.05) is 13.8 Å². The molecule has 3 heterocycles. The molecular weight excluding hydrogens is 356 g/mol. The third-order valence-corrected chi connectivity index (χ3v) is 9.20. The third-order valence-electron chi connectivity index (χ3n) is 7.85. The van der Waals surface area contributed by atoms with Crippen LogP contribution in [0.3, 0.4) is 0 Å². The van der Waals surface area contributed by atoms with Crippen LogP contribution in [0.5, 0.6) is 0 Å². The SMILES string of the molecule is C[C@@H]1[C@H](S(=O)(=O)O)[C@H]2O[C@@H]3[C@H](O)C[C@](C)(C24CO[C@@]1(O)[C@H]4O)[C@]31CO1. The summed E-state index contributed by atoms with van der Waals surface area (Å²) in [5.41, 5.74) is -3.04. The average Bonchev–Trinajstić information content (AvgIpc) is 3.22. The predicted molar refractivity (Wildman–Crippen MR) is 79.9 cm³/mol. The van der Waals surface area contributed by atoms with Gasteiger partial charge in [0.1, 0.15) is 23.1 Å². The summed E-state index contributed by atoms with van der Waals surface area (Å²) in [4.78, 5) is 0. The van der Waals surface area contributed by atoms with E-state index in [2.05, 4.69) is 0 Å². The van der Waals surface area contributed by atoms with Gasteiger partial charge < -0.3 is 29.5 Å². The molecule has 0 radical (unpaired) electrons. The third kappa shape index (κ3) is 1.48. The van der Waals surface area contributed by atoms with E-state index in [1.165, 1.54) is 6.92 Å². The minimum atomic E-state index is -4.62. The number of rotatable bonds is 1. The van der Waals surface area contributed by atoms with E-state index >= 15 is 0 Å². The van der Waals surface area contributed by atoms with Crippen LogP contribution >= 0.6 is 0 Å². The van der Waals surface area contributed by atoms with E-state index in [9.17, 15) is 28.3 Å². The topological polar surface area (TPSA) is 146 Å². The molecular formula is C15H22O9S. The van der Waals surface area contributed by atoms with Crippen molar-refractivity contribution < 1.29 is 42.5 Å². The van der Waals surface area contributed by atoms with E-state index in [1.807, 2.05) is 6.92 Å². The first-order valence-corrected chi connectivity index (χ1v) is 9.94. The Kier molecular flexibility index (Phi) is 2.84. The lowest BCUT2D eigenvalue weighted by atomic mass is 9.49. The fourth-order valence-electron chi connectivity index (χ4n) is 6.38. The van der Waals surface area contributed by atoms with Crippen LogP contribution in [0.4, 0.5) is 0 Å². The minimum Gasteiger partial charge on any atom is -0.390 e. The van der Waals surface area contributed by atoms with Crippen molar-refractivity contribution in [2.75, 3.05) is 13.2 Å². The Morgan fingerprint density at radius 2 is 1.76 bits per heavy atom. The van der Waals surface area contributed by atoms with Crippen molar-refractivity contribution >= 4 is 10.1 Å². The highest BCUT2D eigenvalue weighted by Gasteiger charge is 2.88. The minimum absolute atomic E-state index is 0.146. The van der Waals surface area contributed by atoms with Gasteiger partial charge in [-0.2, -0.15) is 8.42 Å². The lowest BCUT2D eigenvalue weighted by Crippen LogP contribution is -2.76. The Labute approximate surface area is 144 Å². The van der Waals surface area contributed by atoms with Crippen molar-refractivity contribution in [2.24, 2.45) is 16.7 Å². The molecule has 1 unspecified atom stereocenters. The lowest BCUT2D eigenvalue weighted by molar-refractivity contribution is -0.300. The maximum absolute atomic E-state index is 12.1. The molecule has 2 saturated carbocycles. The first-order valence-electron chi connectivity index (χ1n) is 8.44. The fourth-order valence-corrected chi connectivity index (χ4v) is 7.71. The number of epoxide rings is 1. The van der Waals surface area contributed by atoms with Gasteiger partial charge in [-0.3, -0.25) is 4.55 Å². The van der Waals surface area contributed by atoms with Crippen LogP contribution < -0.4 is 0 Å². The average molecular weight is 378 g/mol. The molecule has 25 heavy (non-hydrogen) atoms. The Hall–Kier alpha value is -0.330. The van der Waals surface area contributed by atoms with E-state index in [0.29, 0.717) is 6.61 Å². The fraction of sp³-hybridized carbons (Fsp3) is 1.00. The van der Waals surface area contributed by atoms with E-state index in [0.717, 1.165) is 0 Å². The molecule has 2 aliphatic carbocycles. The Bertz CT molecular complexity index is 750. The van der Waals surface area contributed by atoms with Crippen LogP contribution in [0.25, 0.3) is 0 Å². The molecule has 10 atom stereocenters. The lowest BCUT2D eigenvalue weighted by Gasteiger charge is -2.60. The second kappa shape index (κ2) is 4.22. The maximum atomic E-state index is 12.1. The van der Waals surface area contributed by atoms with Crippen LogP contribution in [0, 0.1) is 16.7 Å². The highest BCUT2D eigenvalue weighted by molar-refractivity contribution is 7.86. The summed E-state index contributed by atoms with van der Waals surface area (Å²) in [6.07, 6.45) is -3.99. The van der Waals surface area contributed by atoms with Gasteiger partial charge in [0, 0.05) is 11.3 Å². The molecule has 4 N–H and O–H groups in total. The van der Waals surface area contributed by atoms with E-state index in [1.54, 1.807) is 0 Å². The molecule has 4 bridgehead atoms. The largest absolute Gasteiger partial charge is 0.390 e. The number of hydrogen-bond donors (Lipinski definition) is 4. The maximum Gasteiger partial charge on any atom is 0.270 e. The van der Waals surface area contributed by atoms with Crippen LogP contribution in [-0.4, -0.2) is 82.6 Å². The molecule has 9 nitrogen and oxygen atoms in total. The summed E-state index contributed by atoms with van der Waals surface area (Å²) >= 11 is 0. The van der Waals surface area contributed by atoms with Crippen molar-refractivity contribution in [3.63, 3.8) is 0 Å². The molecule has 2 spiro atoms. The second-order valence-corrected chi connectivity index (χ2v) is 10.1. The number of aliphatic hydroxyl groups is 3. The summed E-state index contributed by atoms with van der Waals surface area (Å²) in [6.45, 7) is 3.39. The molecule has 0 amide bonds. The number of fused-ring (bicyclic) bond motifs is 1. The van der Waals surface area contributed by atoms with Crippen LogP contribution in [-0.2, 0) is 24.3 Å². The molecule has 0 aromatic carbocycles. The predicted octanol–water partition coefficient (Wildman–Crippen LogP) is -1.73. The first-order chi connectivity index (χ1) is 11.5. The highest BCUT2D eigenvalue weighted by atomic mass is 32.2. The zero-order chi connectivity index (χ0) is 18.2. The van der Waals surface area contributed by atoms with Crippen LogP contribution in [0.1, 0.15) is 20.3 Å². The van der Waals surface area contributed by atoms with Crippen molar-refractivity contribution in [1.29, 1.82) is 0 Å². The van der Waals surface area contributed by atoms with Gasteiger partial charge in [0.2, 0.25) is 0 Å². The molecule has 3 aliphatic heterocycles. The summed E-state index contributed by atoms with van der Waals surface area (Å²) < 4.78 is 51.4. The normalized spacial score (nSPS) is 65.2. The molecule has 0 aromatic heterocycles. The van der Waals surface area contributed by atoms with E-state index in [-0.39, 0.29) is 13.0 Å². The Morgan fingerprint density at radius 1 is 1.12 bits per heavy atom. The highest BCUT2D eigenvalue weighted by Crippen LogP contribution is 2.75. The smallest absolute Gasteiger partial charge is 0.270 e. The van der Waals surface area contributed by atoms with Gasteiger partial charge in [-0.25, -0.2) is 0 Å². The number of hydrogen-bond acceptors (Lipinski definition) is 8. The van der Waals surface area contributed by atoms with Gasteiger partial charge in [0.15, 0.2) is 5.79 Å². The monoisotopic (exact) mass is 378 g/mol. The summed E-state index contributed by atoms with van der Waals surface area (Å²) in [5, 5.41) is 31.0. The molecule has 0 aromatic rings. The summed E-state index contributed by atoms with van der Waals surface area (Å²) in [5.74, 6) is -3.24. The Morgan fingerprint density at radius 3 is 2.32 bits per heavy atom. The zero-order valence-corrected chi connectivity index (χ0v) is 14.6. The van der Waals surface area contributed by atoms with Crippen LogP contribution in [0.15, 0.2) is 0 Å². The van der Waals surface area contributed by atoms with Gasteiger partial charge in [0.25, 0.3) is 10.1 Å². The van der Waals surface area contributed by atoms with Gasteiger partial charge >= 0.3 is 0 Å². The van der Waals surface area contributed by atoms with Crippen molar-refractivity contribution in [3.8, 4) is 0 Å². The van der Waals surface area contributed by atoms with Crippen molar-refractivity contribution in [2.45, 2.75) is 61.3 Å². The molecule has 5 rings (SSSR count). The summed E-state index contributed by atoms with van der Waals surface area (Å²) in [6, 6.07) is 0. The quantitative estimate of drug-likeness (QED) is 0.309. The van der Waals surface area contributed by atoms with Gasteiger partial charge in [-0.05, 0) is 6.42 Å². The number of aliphatic hydroxyl groups excluding tert-OH is 2. The van der Waals surface area contributed by atoms with E-state index < -0.39 is 67.9 Å².